The van der Waals surface area contributed by atoms with Gasteiger partial charge in [0.25, 0.3) is 0 Å². The molecule has 2 fully saturated rings. The molecule has 0 radical (unpaired) electrons. The molecule has 1 aliphatic heterocycles. The third kappa shape index (κ3) is 2.83. The second kappa shape index (κ2) is 5.88. The minimum absolute atomic E-state index is 0.00233. The van der Waals surface area contributed by atoms with Crippen molar-refractivity contribution in [3.05, 3.63) is 11.9 Å². The number of aromatic nitrogens is 3. The van der Waals surface area contributed by atoms with Gasteiger partial charge in [0.05, 0.1) is 25.5 Å². The van der Waals surface area contributed by atoms with E-state index < -0.39 is 5.97 Å². The first-order valence-corrected chi connectivity index (χ1v) is 7.23. The maximum atomic E-state index is 10.8. The molecule has 20 heavy (non-hydrogen) atoms. The van der Waals surface area contributed by atoms with E-state index in [1.165, 1.54) is 25.5 Å². The molecule has 0 aromatic carbocycles. The normalized spacial score (nSPS) is 27.2. The quantitative estimate of drug-likeness (QED) is 0.871. The van der Waals surface area contributed by atoms with E-state index in [0.29, 0.717) is 18.7 Å². The average molecular weight is 280 g/mol. The predicted octanol–water partition coefficient (Wildman–Crippen LogP) is 0.620. The highest BCUT2D eigenvalue weighted by Crippen LogP contribution is 2.28. The van der Waals surface area contributed by atoms with Crippen LogP contribution in [0.1, 0.15) is 36.2 Å². The molecule has 0 bridgehead atoms. The molecule has 1 aromatic heterocycles. The number of hydrogen-bond acceptors (Lipinski definition) is 5. The predicted molar refractivity (Wildman–Crippen MR) is 70.6 cm³/mol. The van der Waals surface area contributed by atoms with Crippen LogP contribution in [0.4, 0.5) is 0 Å². The Morgan fingerprint density at radius 2 is 2.25 bits per heavy atom. The third-order valence-corrected chi connectivity index (χ3v) is 4.22. The summed E-state index contributed by atoms with van der Waals surface area (Å²) in [5.41, 5.74) is 0.00233. The van der Waals surface area contributed by atoms with Crippen LogP contribution in [0.25, 0.3) is 0 Å². The molecule has 1 aromatic rings. The summed E-state index contributed by atoms with van der Waals surface area (Å²) in [5, 5.41) is 16.3. The van der Waals surface area contributed by atoms with Gasteiger partial charge in [0.15, 0.2) is 5.69 Å². The lowest BCUT2D eigenvalue weighted by atomic mass is 9.90. The second-order valence-corrected chi connectivity index (χ2v) is 5.47. The molecule has 1 saturated carbocycles. The van der Waals surface area contributed by atoms with Gasteiger partial charge < -0.3 is 9.84 Å². The van der Waals surface area contributed by atoms with Gasteiger partial charge in [-0.05, 0) is 12.8 Å². The van der Waals surface area contributed by atoms with Gasteiger partial charge in [-0.15, -0.1) is 5.10 Å². The van der Waals surface area contributed by atoms with Gasteiger partial charge in [-0.3, -0.25) is 9.58 Å². The van der Waals surface area contributed by atoms with Crippen molar-refractivity contribution >= 4 is 5.97 Å². The monoisotopic (exact) mass is 280 g/mol. The van der Waals surface area contributed by atoms with Crippen LogP contribution in [0.3, 0.4) is 0 Å². The fourth-order valence-electron chi connectivity index (χ4n) is 3.19. The Morgan fingerprint density at radius 3 is 3.05 bits per heavy atom. The number of rotatable bonds is 4. The molecule has 0 amide bonds. The fraction of sp³-hybridized carbons (Fsp3) is 0.769. The zero-order chi connectivity index (χ0) is 13.9. The van der Waals surface area contributed by atoms with Crippen molar-refractivity contribution in [2.24, 2.45) is 0 Å². The molecular formula is C13H20N4O3. The van der Waals surface area contributed by atoms with Gasteiger partial charge in [0, 0.05) is 19.1 Å². The van der Waals surface area contributed by atoms with E-state index in [9.17, 15) is 4.79 Å². The van der Waals surface area contributed by atoms with E-state index in [1.807, 2.05) is 0 Å². The number of nitrogens with zero attached hydrogens (tertiary/aromatic N) is 4. The summed E-state index contributed by atoms with van der Waals surface area (Å²) in [4.78, 5) is 13.2. The molecule has 1 saturated heterocycles. The Balaban J connectivity index is 1.57. The van der Waals surface area contributed by atoms with Crippen molar-refractivity contribution in [1.82, 2.24) is 19.9 Å². The van der Waals surface area contributed by atoms with Crippen LogP contribution < -0.4 is 0 Å². The summed E-state index contributed by atoms with van der Waals surface area (Å²) in [7, 11) is 0. The SMILES string of the molecule is O=C(O)c1cn(CCN2CCOC3CCCCC32)nn1. The van der Waals surface area contributed by atoms with Crippen LogP contribution in [0.5, 0.6) is 0 Å². The van der Waals surface area contributed by atoms with E-state index in [2.05, 4.69) is 15.2 Å². The number of carbonyl (C=O) groups is 1. The van der Waals surface area contributed by atoms with E-state index in [-0.39, 0.29) is 5.69 Å². The van der Waals surface area contributed by atoms with Gasteiger partial charge in [-0.2, -0.15) is 0 Å². The molecular weight excluding hydrogens is 260 g/mol. The minimum Gasteiger partial charge on any atom is -0.476 e. The topological polar surface area (TPSA) is 80.5 Å². The Kier molecular flexibility index (Phi) is 3.98. The van der Waals surface area contributed by atoms with Gasteiger partial charge >= 0.3 is 5.97 Å². The molecule has 1 aliphatic carbocycles. The third-order valence-electron chi connectivity index (χ3n) is 4.22. The first-order chi connectivity index (χ1) is 9.74. The van der Waals surface area contributed by atoms with Crippen molar-refractivity contribution in [1.29, 1.82) is 0 Å². The molecule has 3 rings (SSSR count). The first-order valence-electron chi connectivity index (χ1n) is 7.23. The lowest BCUT2D eigenvalue weighted by Gasteiger charge is -2.43. The molecule has 110 valence electrons. The van der Waals surface area contributed by atoms with Gasteiger partial charge in [0.1, 0.15) is 0 Å². The number of carboxylic acids is 1. The summed E-state index contributed by atoms with van der Waals surface area (Å²) >= 11 is 0. The van der Waals surface area contributed by atoms with Crippen molar-refractivity contribution < 1.29 is 14.6 Å². The summed E-state index contributed by atoms with van der Waals surface area (Å²) < 4.78 is 7.45. The second-order valence-electron chi connectivity index (χ2n) is 5.47. The number of hydrogen-bond donors (Lipinski definition) is 1. The summed E-state index contributed by atoms with van der Waals surface area (Å²) in [6.45, 7) is 3.27. The first kappa shape index (κ1) is 13.5. The number of aromatic carboxylic acids is 1. The van der Waals surface area contributed by atoms with E-state index >= 15 is 0 Å². The summed E-state index contributed by atoms with van der Waals surface area (Å²) in [6.07, 6.45) is 6.76. The maximum Gasteiger partial charge on any atom is 0.358 e. The van der Waals surface area contributed by atoms with E-state index in [4.69, 9.17) is 9.84 Å². The highest BCUT2D eigenvalue weighted by Gasteiger charge is 2.33. The number of fused-ring (bicyclic) bond motifs is 1. The fourth-order valence-corrected chi connectivity index (χ4v) is 3.19. The Bertz CT molecular complexity index is 474. The Morgan fingerprint density at radius 1 is 1.40 bits per heavy atom. The standard InChI is InChI=1S/C13H20N4O3/c18-13(19)10-9-17(15-14-10)6-5-16-7-8-20-12-4-2-1-3-11(12)16/h9,11-12H,1-8H2,(H,18,19). The lowest BCUT2D eigenvalue weighted by Crippen LogP contribution is -2.53. The van der Waals surface area contributed by atoms with Crippen LogP contribution in [0.2, 0.25) is 0 Å². The molecule has 2 unspecified atom stereocenters. The summed E-state index contributed by atoms with van der Waals surface area (Å²) in [5.74, 6) is -1.03. The van der Waals surface area contributed by atoms with E-state index in [0.717, 1.165) is 26.1 Å². The van der Waals surface area contributed by atoms with Crippen LogP contribution >= 0.6 is 0 Å². The molecule has 1 N–H and O–H groups in total. The highest BCUT2D eigenvalue weighted by atomic mass is 16.5. The van der Waals surface area contributed by atoms with Crippen molar-refractivity contribution in [3.63, 3.8) is 0 Å². The Labute approximate surface area is 117 Å². The van der Waals surface area contributed by atoms with Crippen LogP contribution in [0.15, 0.2) is 6.20 Å². The van der Waals surface area contributed by atoms with Gasteiger partial charge in [-0.1, -0.05) is 18.1 Å². The van der Waals surface area contributed by atoms with E-state index in [1.54, 1.807) is 4.68 Å². The smallest absolute Gasteiger partial charge is 0.358 e. The molecule has 7 heteroatoms. The van der Waals surface area contributed by atoms with Crippen molar-refractivity contribution in [2.75, 3.05) is 19.7 Å². The average Bonchev–Trinajstić information content (AvgIpc) is 2.94. The van der Waals surface area contributed by atoms with Crippen molar-refractivity contribution in [2.45, 2.75) is 44.4 Å². The van der Waals surface area contributed by atoms with Crippen LogP contribution in [-0.4, -0.2) is 62.8 Å². The molecule has 0 spiro atoms. The minimum atomic E-state index is -1.03. The van der Waals surface area contributed by atoms with Crippen LogP contribution in [-0.2, 0) is 11.3 Å². The zero-order valence-electron chi connectivity index (χ0n) is 11.4. The van der Waals surface area contributed by atoms with Gasteiger partial charge in [-0.25, -0.2) is 4.79 Å². The molecule has 2 atom stereocenters. The summed E-state index contributed by atoms with van der Waals surface area (Å²) in [6, 6.07) is 0.514. The molecule has 2 aliphatic rings. The van der Waals surface area contributed by atoms with Crippen molar-refractivity contribution in [3.8, 4) is 0 Å². The number of carboxylic acid groups (broad SMARTS) is 1. The largest absolute Gasteiger partial charge is 0.476 e. The highest BCUT2D eigenvalue weighted by molar-refractivity contribution is 5.84. The van der Waals surface area contributed by atoms with Crippen LogP contribution in [0, 0.1) is 0 Å². The van der Waals surface area contributed by atoms with Gasteiger partial charge in [0.2, 0.25) is 0 Å². The maximum absolute atomic E-state index is 10.8. The Hall–Kier alpha value is -1.47. The lowest BCUT2D eigenvalue weighted by molar-refractivity contribution is -0.0889. The number of ether oxygens (including phenoxy) is 1. The zero-order valence-corrected chi connectivity index (χ0v) is 11.4. The molecule has 7 nitrogen and oxygen atoms in total. The molecule has 2 heterocycles. The number of morpholine rings is 1.